The largest absolute Gasteiger partial charge is 0.341 e. The summed E-state index contributed by atoms with van der Waals surface area (Å²) >= 11 is 0. The third kappa shape index (κ3) is 3.66. The van der Waals surface area contributed by atoms with Crippen molar-refractivity contribution in [3.63, 3.8) is 0 Å². The molecule has 0 radical (unpaired) electrons. The number of rotatable bonds is 6. The summed E-state index contributed by atoms with van der Waals surface area (Å²) in [6.07, 6.45) is 2.49. The average Bonchev–Trinajstić information content (AvgIpc) is 3.46. The smallest absolute Gasteiger partial charge is 0.286 e. The third-order valence-corrected chi connectivity index (χ3v) is 6.51. The zero-order chi connectivity index (χ0) is 18.1. The second-order valence-corrected chi connectivity index (χ2v) is 8.68. The first-order valence-electron chi connectivity index (χ1n) is 9.01. The van der Waals surface area contributed by atoms with E-state index in [9.17, 15) is 8.42 Å². The van der Waals surface area contributed by atoms with Crippen LogP contribution in [0.2, 0.25) is 0 Å². The van der Waals surface area contributed by atoms with Gasteiger partial charge in [-0.05, 0) is 43.4 Å². The minimum absolute atomic E-state index is 0.244. The molecule has 6 heteroatoms. The van der Waals surface area contributed by atoms with Gasteiger partial charge < -0.3 is 5.32 Å². The standard InChI is InChI=1S/C20H23N3O2S/c1-15(17-11-12-17)23(13-16-7-3-2-4-8-16)14-20-21-18-9-5-6-10-19(18)26(24,25)22-20/h2-10,15,17H,11-14H2,1H3,(H,21,22)/t15-/m0/s1. The van der Waals surface area contributed by atoms with E-state index in [4.69, 9.17) is 0 Å². The number of amidine groups is 1. The van der Waals surface area contributed by atoms with Crippen molar-refractivity contribution in [2.75, 3.05) is 11.9 Å². The molecule has 2 aromatic carbocycles. The van der Waals surface area contributed by atoms with Gasteiger partial charge in [0.25, 0.3) is 10.0 Å². The summed E-state index contributed by atoms with van der Waals surface area (Å²) in [6.45, 7) is 3.49. The van der Waals surface area contributed by atoms with E-state index in [1.54, 1.807) is 18.2 Å². The fourth-order valence-corrected chi connectivity index (χ4v) is 4.61. The normalized spacial score (nSPS) is 19.4. The van der Waals surface area contributed by atoms with Gasteiger partial charge in [-0.15, -0.1) is 4.40 Å². The highest BCUT2D eigenvalue weighted by molar-refractivity contribution is 7.90. The summed E-state index contributed by atoms with van der Waals surface area (Å²) in [4.78, 5) is 2.57. The number of hydrogen-bond donors (Lipinski definition) is 1. The van der Waals surface area contributed by atoms with E-state index in [0.717, 1.165) is 6.54 Å². The molecule has 5 nitrogen and oxygen atoms in total. The summed E-state index contributed by atoms with van der Waals surface area (Å²) in [5, 5.41) is 3.21. The first-order chi connectivity index (χ1) is 12.5. The van der Waals surface area contributed by atoms with E-state index in [2.05, 4.69) is 33.7 Å². The van der Waals surface area contributed by atoms with Crippen LogP contribution in [-0.2, 0) is 16.6 Å². The van der Waals surface area contributed by atoms with E-state index in [-0.39, 0.29) is 4.90 Å². The maximum atomic E-state index is 12.5. The minimum Gasteiger partial charge on any atom is -0.341 e. The van der Waals surface area contributed by atoms with Crippen LogP contribution in [0.5, 0.6) is 0 Å². The van der Waals surface area contributed by atoms with Crippen LogP contribution in [0.25, 0.3) is 0 Å². The molecule has 2 aliphatic rings. The van der Waals surface area contributed by atoms with Crippen LogP contribution >= 0.6 is 0 Å². The molecule has 26 heavy (non-hydrogen) atoms. The monoisotopic (exact) mass is 369 g/mol. The van der Waals surface area contributed by atoms with Crippen LogP contribution < -0.4 is 5.32 Å². The molecule has 0 unspecified atom stereocenters. The number of nitrogens with zero attached hydrogens (tertiary/aromatic N) is 2. The number of para-hydroxylation sites is 1. The lowest BCUT2D eigenvalue weighted by atomic mass is 10.1. The molecule has 136 valence electrons. The second-order valence-electron chi connectivity index (χ2n) is 7.10. The highest BCUT2D eigenvalue weighted by Gasteiger charge is 2.33. The Balaban J connectivity index is 1.59. The van der Waals surface area contributed by atoms with Gasteiger partial charge >= 0.3 is 0 Å². The van der Waals surface area contributed by atoms with E-state index in [1.807, 2.05) is 24.3 Å². The predicted octanol–water partition coefficient (Wildman–Crippen LogP) is 3.50. The fraction of sp³-hybridized carbons (Fsp3) is 0.350. The topological polar surface area (TPSA) is 61.8 Å². The molecule has 1 aliphatic heterocycles. The van der Waals surface area contributed by atoms with Gasteiger partial charge in [-0.2, -0.15) is 8.42 Å². The van der Waals surface area contributed by atoms with Crippen molar-refractivity contribution in [2.45, 2.75) is 37.2 Å². The molecule has 0 amide bonds. The molecule has 0 aromatic heterocycles. The van der Waals surface area contributed by atoms with Crippen LogP contribution in [0.15, 0.2) is 63.9 Å². The maximum absolute atomic E-state index is 12.5. The van der Waals surface area contributed by atoms with Crippen molar-refractivity contribution in [2.24, 2.45) is 10.3 Å². The lowest BCUT2D eigenvalue weighted by Gasteiger charge is -2.31. The summed E-state index contributed by atoms with van der Waals surface area (Å²) in [7, 11) is -3.64. The van der Waals surface area contributed by atoms with Gasteiger partial charge in [-0.1, -0.05) is 42.5 Å². The second kappa shape index (κ2) is 6.85. The Morgan fingerprint density at radius 1 is 1.08 bits per heavy atom. The zero-order valence-corrected chi connectivity index (χ0v) is 15.6. The molecule has 1 saturated carbocycles. The molecule has 1 heterocycles. The van der Waals surface area contributed by atoms with Crippen LogP contribution in [0.1, 0.15) is 25.3 Å². The summed E-state index contributed by atoms with van der Waals surface area (Å²) in [5.41, 5.74) is 1.83. The van der Waals surface area contributed by atoms with Crippen molar-refractivity contribution in [1.29, 1.82) is 0 Å². The average molecular weight is 369 g/mol. The fourth-order valence-electron chi connectivity index (χ4n) is 3.47. The van der Waals surface area contributed by atoms with Gasteiger partial charge in [0.1, 0.15) is 10.7 Å². The number of anilines is 1. The Morgan fingerprint density at radius 2 is 1.77 bits per heavy atom. The van der Waals surface area contributed by atoms with Crippen LogP contribution in [-0.4, -0.2) is 31.7 Å². The molecule has 0 saturated heterocycles. The SMILES string of the molecule is C[C@@H](C1CC1)N(CC1=NS(=O)(=O)c2ccccc2N1)Cc1ccccc1. The highest BCUT2D eigenvalue weighted by atomic mass is 32.2. The number of fused-ring (bicyclic) bond motifs is 1. The van der Waals surface area contributed by atoms with Crippen molar-refractivity contribution in [1.82, 2.24) is 4.90 Å². The summed E-state index contributed by atoms with van der Waals surface area (Å²) in [5.74, 6) is 1.18. The van der Waals surface area contributed by atoms with Crippen LogP contribution in [0.3, 0.4) is 0 Å². The molecule has 1 aliphatic carbocycles. The Kier molecular flexibility index (Phi) is 4.54. The number of nitrogens with one attached hydrogen (secondary N) is 1. The highest BCUT2D eigenvalue weighted by Crippen LogP contribution is 2.36. The zero-order valence-electron chi connectivity index (χ0n) is 14.8. The molecule has 2 aromatic rings. The van der Waals surface area contributed by atoms with Crippen molar-refractivity contribution in [3.05, 3.63) is 60.2 Å². The quantitative estimate of drug-likeness (QED) is 0.847. The van der Waals surface area contributed by atoms with Crippen molar-refractivity contribution >= 4 is 21.5 Å². The molecule has 0 spiro atoms. The summed E-state index contributed by atoms with van der Waals surface area (Å²) < 4.78 is 29.0. The molecule has 0 bridgehead atoms. The number of sulfonamides is 1. The van der Waals surface area contributed by atoms with Gasteiger partial charge in [0.15, 0.2) is 0 Å². The number of hydrogen-bond acceptors (Lipinski definition) is 4. The first kappa shape index (κ1) is 17.2. The molecule has 1 N–H and O–H groups in total. The Morgan fingerprint density at radius 3 is 2.50 bits per heavy atom. The minimum atomic E-state index is -3.64. The van der Waals surface area contributed by atoms with Gasteiger partial charge in [-0.3, -0.25) is 4.90 Å². The van der Waals surface area contributed by atoms with Crippen LogP contribution in [0, 0.1) is 5.92 Å². The van der Waals surface area contributed by atoms with Gasteiger partial charge in [0.2, 0.25) is 0 Å². The van der Waals surface area contributed by atoms with Gasteiger partial charge in [0, 0.05) is 12.6 Å². The van der Waals surface area contributed by atoms with Gasteiger partial charge in [0.05, 0.1) is 12.2 Å². The summed E-state index contributed by atoms with van der Waals surface area (Å²) in [6, 6.07) is 17.6. The van der Waals surface area contributed by atoms with E-state index < -0.39 is 10.0 Å². The molecule has 1 fully saturated rings. The van der Waals surface area contributed by atoms with E-state index in [0.29, 0.717) is 30.0 Å². The Labute approximate surface area is 154 Å². The lowest BCUT2D eigenvalue weighted by Crippen LogP contribution is -2.41. The Bertz CT molecular complexity index is 921. The Hall–Kier alpha value is -2.18. The predicted molar refractivity (Wildman–Crippen MR) is 104 cm³/mol. The molecular weight excluding hydrogens is 346 g/mol. The van der Waals surface area contributed by atoms with Crippen molar-refractivity contribution < 1.29 is 8.42 Å². The molecule has 4 rings (SSSR count). The first-order valence-corrected chi connectivity index (χ1v) is 10.4. The lowest BCUT2D eigenvalue weighted by molar-refractivity contribution is 0.208. The molecular formula is C20H23N3O2S. The van der Waals surface area contributed by atoms with E-state index >= 15 is 0 Å². The van der Waals surface area contributed by atoms with E-state index in [1.165, 1.54) is 18.4 Å². The van der Waals surface area contributed by atoms with Gasteiger partial charge in [-0.25, -0.2) is 0 Å². The van der Waals surface area contributed by atoms with Crippen molar-refractivity contribution in [3.8, 4) is 0 Å². The maximum Gasteiger partial charge on any atom is 0.286 e. The van der Waals surface area contributed by atoms with Crippen LogP contribution in [0.4, 0.5) is 5.69 Å². The molecule has 1 atom stereocenters. The number of benzene rings is 2. The third-order valence-electron chi connectivity index (χ3n) is 5.14.